The fourth-order valence-corrected chi connectivity index (χ4v) is 6.07. The van der Waals surface area contributed by atoms with E-state index in [4.69, 9.17) is 0 Å². The lowest BCUT2D eigenvalue weighted by molar-refractivity contribution is -0.116. The summed E-state index contributed by atoms with van der Waals surface area (Å²) in [6.07, 6.45) is 2.73. The van der Waals surface area contributed by atoms with Crippen LogP contribution in [0.2, 0.25) is 0 Å². The highest BCUT2D eigenvalue weighted by atomic mass is 32.2. The van der Waals surface area contributed by atoms with Gasteiger partial charge in [-0.15, -0.1) is 0 Å². The number of nitrogens with zero attached hydrogens (tertiary/aromatic N) is 1. The Kier molecular flexibility index (Phi) is 7.55. The lowest BCUT2D eigenvalue weighted by atomic mass is 10.1. The Labute approximate surface area is 195 Å². The number of hydrogen-bond acceptors (Lipinski definition) is 5. The molecule has 0 spiro atoms. The maximum atomic E-state index is 12.6. The van der Waals surface area contributed by atoms with Crippen molar-refractivity contribution in [1.29, 1.82) is 0 Å². The molecule has 1 aliphatic carbocycles. The van der Waals surface area contributed by atoms with E-state index >= 15 is 0 Å². The predicted molar refractivity (Wildman–Crippen MR) is 131 cm³/mol. The summed E-state index contributed by atoms with van der Waals surface area (Å²) in [5.74, 6) is 2.32. The van der Waals surface area contributed by atoms with Gasteiger partial charge in [0.25, 0.3) is 0 Å². The zero-order chi connectivity index (χ0) is 22.6. The molecule has 2 aromatic rings. The second-order valence-electron chi connectivity index (χ2n) is 8.57. The van der Waals surface area contributed by atoms with Crippen LogP contribution in [-0.4, -0.2) is 49.9 Å². The molecule has 1 aliphatic heterocycles. The van der Waals surface area contributed by atoms with Crippen LogP contribution in [0.4, 0.5) is 5.69 Å². The molecular formula is C24H31N3O3S2. The molecule has 172 valence electrons. The first-order chi connectivity index (χ1) is 15.4. The molecule has 6 nitrogen and oxygen atoms in total. The van der Waals surface area contributed by atoms with Gasteiger partial charge in [-0.3, -0.25) is 9.69 Å². The molecule has 2 N–H and O–H groups in total. The first kappa shape index (κ1) is 23.3. The first-order valence-electron chi connectivity index (χ1n) is 11.2. The number of benzene rings is 2. The van der Waals surface area contributed by atoms with E-state index in [2.05, 4.69) is 27.9 Å². The van der Waals surface area contributed by atoms with Crippen molar-refractivity contribution in [2.75, 3.05) is 29.9 Å². The number of sulfonamides is 1. The number of nitrogens with one attached hydrogen (secondary N) is 2. The number of thioether (sulfide) groups is 1. The van der Waals surface area contributed by atoms with Crippen LogP contribution in [-0.2, 0) is 27.8 Å². The van der Waals surface area contributed by atoms with Crippen LogP contribution in [0.3, 0.4) is 0 Å². The molecular weight excluding hydrogens is 442 g/mol. The number of carbonyl (C=O) groups is 1. The third kappa shape index (κ3) is 6.34. The minimum absolute atomic E-state index is 0.0354. The van der Waals surface area contributed by atoms with E-state index < -0.39 is 10.0 Å². The SMILES string of the molecule is Cc1c(CN2CCSCC2)cccc1NC(=O)CCc1ccc(S(=O)(=O)NC2CC2)cc1. The van der Waals surface area contributed by atoms with Crippen molar-refractivity contribution in [3.05, 3.63) is 59.2 Å². The van der Waals surface area contributed by atoms with Crippen LogP contribution < -0.4 is 10.0 Å². The number of rotatable bonds is 9. The Hall–Kier alpha value is -1.87. The minimum Gasteiger partial charge on any atom is -0.326 e. The fraction of sp³-hybridized carbons (Fsp3) is 0.458. The molecule has 0 bridgehead atoms. The van der Waals surface area contributed by atoms with Gasteiger partial charge in [-0.25, -0.2) is 13.1 Å². The smallest absolute Gasteiger partial charge is 0.240 e. The van der Waals surface area contributed by atoms with Gasteiger partial charge in [0.15, 0.2) is 0 Å². The predicted octanol–water partition coefficient (Wildman–Crippen LogP) is 3.56. The topological polar surface area (TPSA) is 78.5 Å². The average molecular weight is 474 g/mol. The van der Waals surface area contributed by atoms with E-state index in [0.29, 0.717) is 12.8 Å². The zero-order valence-corrected chi connectivity index (χ0v) is 20.1. The van der Waals surface area contributed by atoms with Gasteiger partial charge in [0.05, 0.1) is 4.90 Å². The van der Waals surface area contributed by atoms with Crippen molar-refractivity contribution in [3.8, 4) is 0 Å². The number of carbonyl (C=O) groups excluding carboxylic acids is 1. The van der Waals surface area contributed by atoms with Crippen LogP contribution >= 0.6 is 11.8 Å². The van der Waals surface area contributed by atoms with Crippen LogP contribution in [0.1, 0.15) is 36.0 Å². The zero-order valence-electron chi connectivity index (χ0n) is 18.5. The Morgan fingerprint density at radius 1 is 1.09 bits per heavy atom. The van der Waals surface area contributed by atoms with Gasteiger partial charge in [0, 0.05) is 49.3 Å². The van der Waals surface area contributed by atoms with Crippen molar-refractivity contribution >= 4 is 33.4 Å². The fourth-order valence-electron chi connectivity index (χ4n) is 3.78. The molecule has 1 saturated carbocycles. The van der Waals surface area contributed by atoms with Crippen LogP contribution in [0.5, 0.6) is 0 Å². The Morgan fingerprint density at radius 3 is 2.50 bits per heavy atom. The molecule has 1 heterocycles. The minimum atomic E-state index is -3.44. The molecule has 2 fully saturated rings. The molecule has 2 aliphatic rings. The highest BCUT2D eigenvalue weighted by Crippen LogP contribution is 2.23. The third-order valence-electron chi connectivity index (χ3n) is 5.99. The lowest BCUT2D eigenvalue weighted by Gasteiger charge is -2.27. The van der Waals surface area contributed by atoms with Gasteiger partial charge in [0.2, 0.25) is 15.9 Å². The largest absolute Gasteiger partial charge is 0.326 e. The average Bonchev–Trinajstić information content (AvgIpc) is 3.59. The van der Waals surface area contributed by atoms with E-state index in [1.54, 1.807) is 24.3 Å². The molecule has 4 rings (SSSR count). The second-order valence-corrected chi connectivity index (χ2v) is 11.5. The second kappa shape index (κ2) is 10.4. The molecule has 1 saturated heterocycles. The highest BCUT2D eigenvalue weighted by Gasteiger charge is 2.27. The summed E-state index contributed by atoms with van der Waals surface area (Å²) >= 11 is 2.00. The number of hydrogen-bond donors (Lipinski definition) is 2. The number of amides is 1. The lowest BCUT2D eigenvalue weighted by Crippen LogP contribution is -2.32. The van der Waals surface area contributed by atoms with Crippen LogP contribution in [0, 0.1) is 6.92 Å². The Bertz CT molecular complexity index is 1040. The summed E-state index contributed by atoms with van der Waals surface area (Å²) in [6, 6.07) is 13.0. The maximum absolute atomic E-state index is 12.6. The summed E-state index contributed by atoms with van der Waals surface area (Å²) in [6.45, 7) is 5.20. The highest BCUT2D eigenvalue weighted by molar-refractivity contribution is 7.99. The summed E-state index contributed by atoms with van der Waals surface area (Å²) < 4.78 is 27.2. The molecule has 0 unspecified atom stereocenters. The molecule has 32 heavy (non-hydrogen) atoms. The van der Waals surface area contributed by atoms with E-state index in [1.165, 1.54) is 17.1 Å². The van der Waals surface area contributed by atoms with Gasteiger partial charge in [-0.2, -0.15) is 11.8 Å². The standard InChI is InChI=1S/C24H31N3O3S2/c1-18-20(17-27-13-15-31-16-14-27)3-2-4-23(18)25-24(28)12-7-19-5-10-22(11-6-19)32(29,30)26-21-8-9-21/h2-6,10-11,21,26H,7-9,12-17H2,1H3,(H,25,28). The monoisotopic (exact) mass is 473 g/mol. The summed E-state index contributed by atoms with van der Waals surface area (Å²) in [7, 11) is -3.44. The van der Waals surface area contributed by atoms with Crippen molar-refractivity contribution in [3.63, 3.8) is 0 Å². The molecule has 0 atom stereocenters. The van der Waals surface area contributed by atoms with E-state index in [1.807, 2.05) is 23.9 Å². The number of anilines is 1. The summed E-state index contributed by atoms with van der Waals surface area (Å²) in [5, 5.41) is 3.05. The maximum Gasteiger partial charge on any atom is 0.240 e. The van der Waals surface area contributed by atoms with Crippen molar-refractivity contribution in [2.24, 2.45) is 0 Å². The molecule has 0 aromatic heterocycles. The first-order valence-corrected chi connectivity index (χ1v) is 13.8. The van der Waals surface area contributed by atoms with Crippen LogP contribution in [0.25, 0.3) is 0 Å². The van der Waals surface area contributed by atoms with Crippen molar-refractivity contribution < 1.29 is 13.2 Å². The van der Waals surface area contributed by atoms with E-state index in [0.717, 1.165) is 49.3 Å². The van der Waals surface area contributed by atoms with Gasteiger partial charge in [-0.1, -0.05) is 24.3 Å². The number of aryl methyl sites for hydroxylation is 1. The quantitative estimate of drug-likeness (QED) is 0.582. The van der Waals surface area contributed by atoms with Gasteiger partial charge < -0.3 is 5.32 Å². The van der Waals surface area contributed by atoms with Crippen molar-refractivity contribution in [1.82, 2.24) is 9.62 Å². The normalized spacial score (nSPS) is 17.3. The van der Waals surface area contributed by atoms with Crippen LogP contribution in [0.15, 0.2) is 47.4 Å². The Balaban J connectivity index is 1.30. The molecule has 8 heteroatoms. The van der Waals surface area contributed by atoms with E-state index in [-0.39, 0.29) is 16.8 Å². The molecule has 1 amide bonds. The molecule has 2 aromatic carbocycles. The third-order valence-corrected chi connectivity index (χ3v) is 8.47. The van der Waals surface area contributed by atoms with Gasteiger partial charge >= 0.3 is 0 Å². The summed E-state index contributed by atoms with van der Waals surface area (Å²) in [4.78, 5) is 15.3. The van der Waals surface area contributed by atoms with Gasteiger partial charge in [0.1, 0.15) is 0 Å². The Morgan fingerprint density at radius 2 is 1.81 bits per heavy atom. The summed E-state index contributed by atoms with van der Waals surface area (Å²) in [5.41, 5.74) is 4.19. The van der Waals surface area contributed by atoms with Gasteiger partial charge in [-0.05, 0) is 61.1 Å². The molecule has 0 radical (unpaired) electrons. The van der Waals surface area contributed by atoms with Crippen molar-refractivity contribution in [2.45, 2.75) is 50.1 Å². The van der Waals surface area contributed by atoms with E-state index in [9.17, 15) is 13.2 Å².